The van der Waals surface area contributed by atoms with Crippen LogP contribution in [0.1, 0.15) is 37.5 Å². The fraction of sp³-hybridized carbons (Fsp3) is 0.500. The summed E-state index contributed by atoms with van der Waals surface area (Å²) in [6, 6.07) is 5.41. The van der Waals surface area contributed by atoms with Crippen molar-refractivity contribution in [2.45, 2.75) is 31.8 Å². The molecule has 1 saturated carbocycles. The summed E-state index contributed by atoms with van der Waals surface area (Å²) < 4.78 is 0. The molecule has 1 aromatic heterocycles. The third-order valence-corrected chi connectivity index (χ3v) is 2.97. The molecule has 0 spiro atoms. The topological polar surface area (TPSA) is 50.2 Å². The van der Waals surface area contributed by atoms with E-state index in [2.05, 4.69) is 4.98 Å². The van der Waals surface area contributed by atoms with Crippen LogP contribution in [0.4, 0.5) is 0 Å². The first-order valence-electron chi connectivity index (χ1n) is 5.41. The molecular weight excluding hydrogens is 190 g/mol. The van der Waals surface area contributed by atoms with Crippen LogP contribution in [-0.4, -0.2) is 15.9 Å². The molecular formula is C12H15NO2. The van der Waals surface area contributed by atoms with Crippen LogP contribution in [0, 0.1) is 5.92 Å². The van der Waals surface area contributed by atoms with Gasteiger partial charge in [-0.3, -0.25) is 9.78 Å². The van der Waals surface area contributed by atoms with Crippen LogP contribution in [0.3, 0.4) is 0 Å². The molecule has 0 aliphatic heterocycles. The number of aromatic nitrogens is 1. The lowest BCUT2D eigenvalue weighted by molar-refractivity contribution is -0.128. The largest absolute Gasteiger partial charge is 0.386 e. The zero-order valence-corrected chi connectivity index (χ0v) is 8.60. The van der Waals surface area contributed by atoms with Crippen molar-refractivity contribution in [3.63, 3.8) is 0 Å². The molecule has 80 valence electrons. The van der Waals surface area contributed by atoms with Crippen molar-refractivity contribution in [3.05, 3.63) is 30.1 Å². The summed E-state index contributed by atoms with van der Waals surface area (Å²) >= 11 is 0. The van der Waals surface area contributed by atoms with E-state index in [1.54, 1.807) is 18.3 Å². The molecule has 2 atom stereocenters. The maximum absolute atomic E-state index is 11.6. The summed E-state index contributed by atoms with van der Waals surface area (Å²) in [5.74, 6) is -0.0620. The summed E-state index contributed by atoms with van der Waals surface area (Å²) in [5, 5.41) is 10.0. The van der Waals surface area contributed by atoms with Crippen molar-refractivity contribution < 1.29 is 9.90 Å². The zero-order valence-electron chi connectivity index (χ0n) is 8.60. The van der Waals surface area contributed by atoms with Gasteiger partial charge in [-0.1, -0.05) is 12.5 Å². The van der Waals surface area contributed by atoms with Gasteiger partial charge in [0, 0.05) is 18.5 Å². The SMILES string of the molecule is O=C1CCCC[C@H]1[C@@H](O)c1ccccn1. The van der Waals surface area contributed by atoms with Gasteiger partial charge < -0.3 is 5.11 Å². The van der Waals surface area contributed by atoms with Crippen LogP contribution < -0.4 is 0 Å². The number of nitrogens with zero attached hydrogens (tertiary/aromatic N) is 1. The van der Waals surface area contributed by atoms with Gasteiger partial charge in [0.15, 0.2) is 0 Å². The number of hydrogen-bond acceptors (Lipinski definition) is 3. The van der Waals surface area contributed by atoms with E-state index >= 15 is 0 Å². The Morgan fingerprint density at radius 1 is 1.40 bits per heavy atom. The first-order chi connectivity index (χ1) is 7.29. The Morgan fingerprint density at radius 3 is 2.93 bits per heavy atom. The van der Waals surface area contributed by atoms with Crippen molar-refractivity contribution >= 4 is 5.78 Å². The first-order valence-corrected chi connectivity index (χ1v) is 5.41. The Morgan fingerprint density at radius 2 is 2.27 bits per heavy atom. The number of hydrogen-bond donors (Lipinski definition) is 1. The molecule has 0 unspecified atom stereocenters. The number of aliphatic hydroxyl groups is 1. The molecule has 15 heavy (non-hydrogen) atoms. The number of rotatable bonds is 2. The highest BCUT2D eigenvalue weighted by Crippen LogP contribution is 2.30. The van der Waals surface area contributed by atoms with Crippen molar-refractivity contribution in [2.24, 2.45) is 5.92 Å². The predicted octanol–water partition coefficient (Wildman–Crippen LogP) is 1.87. The van der Waals surface area contributed by atoms with Gasteiger partial charge in [0.05, 0.1) is 5.69 Å². The minimum atomic E-state index is -0.723. The van der Waals surface area contributed by atoms with Crippen LogP contribution in [0.25, 0.3) is 0 Å². The fourth-order valence-electron chi connectivity index (χ4n) is 2.10. The Kier molecular flexibility index (Phi) is 3.11. The molecule has 1 fully saturated rings. The molecule has 0 saturated heterocycles. The minimum absolute atomic E-state index is 0.180. The molecule has 1 N–H and O–H groups in total. The molecule has 3 heteroatoms. The van der Waals surface area contributed by atoms with Gasteiger partial charge in [0.25, 0.3) is 0 Å². The van der Waals surface area contributed by atoms with Gasteiger partial charge >= 0.3 is 0 Å². The van der Waals surface area contributed by atoms with Crippen LogP contribution in [-0.2, 0) is 4.79 Å². The number of ketones is 1. The van der Waals surface area contributed by atoms with E-state index in [1.807, 2.05) is 6.07 Å². The maximum Gasteiger partial charge on any atom is 0.138 e. The molecule has 1 aromatic rings. The van der Waals surface area contributed by atoms with Crippen molar-refractivity contribution in [2.75, 3.05) is 0 Å². The number of carbonyl (C=O) groups is 1. The summed E-state index contributed by atoms with van der Waals surface area (Å²) in [7, 11) is 0. The van der Waals surface area contributed by atoms with E-state index < -0.39 is 6.10 Å². The molecule has 0 radical (unpaired) electrons. The Balaban J connectivity index is 2.13. The number of carbonyl (C=O) groups excluding carboxylic acids is 1. The molecule has 0 aromatic carbocycles. The number of Topliss-reactive ketones (excluding diaryl/α,β-unsaturated/α-hetero) is 1. The third kappa shape index (κ3) is 2.23. The van der Waals surface area contributed by atoms with E-state index in [0.29, 0.717) is 12.1 Å². The van der Waals surface area contributed by atoms with Crippen LogP contribution in [0.15, 0.2) is 24.4 Å². The highest BCUT2D eigenvalue weighted by molar-refractivity contribution is 5.82. The van der Waals surface area contributed by atoms with Crippen LogP contribution in [0.5, 0.6) is 0 Å². The lowest BCUT2D eigenvalue weighted by Gasteiger charge is -2.24. The fourth-order valence-corrected chi connectivity index (χ4v) is 2.10. The predicted molar refractivity (Wildman–Crippen MR) is 56.2 cm³/mol. The zero-order chi connectivity index (χ0) is 10.7. The molecule has 3 nitrogen and oxygen atoms in total. The van der Waals surface area contributed by atoms with Crippen molar-refractivity contribution in [3.8, 4) is 0 Å². The first kappa shape index (κ1) is 10.3. The Hall–Kier alpha value is -1.22. The number of aliphatic hydroxyl groups excluding tert-OH is 1. The lowest BCUT2D eigenvalue weighted by atomic mass is 9.83. The Labute approximate surface area is 89.2 Å². The van der Waals surface area contributed by atoms with Gasteiger partial charge in [-0.15, -0.1) is 0 Å². The molecule has 1 aliphatic rings. The average Bonchev–Trinajstić information content (AvgIpc) is 2.30. The van der Waals surface area contributed by atoms with Crippen molar-refractivity contribution in [1.29, 1.82) is 0 Å². The second-order valence-corrected chi connectivity index (χ2v) is 4.02. The van der Waals surface area contributed by atoms with E-state index in [9.17, 15) is 9.90 Å². The standard InChI is InChI=1S/C12H15NO2/c14-11-7-2-1-5-9(11)12(15)10-6-3-4-8-13-10/h3-4,6,8-9,12,15H,1-2,5,7H2/t9-,12-/m1/s1. The minimum Gasteiger partial charge on any atom is -0.386 e. The summed E-state index contributed by atoms with van der Waals surface area (Å²) in [6.45, 7) is 0. The highest BCUT2D eigenvalue weighted by atomic mass is 16.3. The van der Waals surface area contributed by atoms with E-state index in [4.69, 9.17) is 0 Å². The molecule has 0 bridgehead atoms. The van der Waals surface area contributed by atoms with Gasteiger partial charge in [-0.25, -0.2) is 0 Å². The van der Waals surface area contributed by atoms with Crippen LogP contribution in [0.2, 0.25) is 0 Å². The van der Waals surface area contributed by atoms with Gasteiger partial charge in [-0.05, 0) is 25.0 Å². The summed E-state index contributed by atoms with van der Waals surface area (Å²) in [4.78, 5) is 15.7. The third-order valence-electron chi connectivity index (χ3n) is 2.97. The normalized spacial score (nSPS) is 23.8. The molecule has 0 amide bonds. The van der Waals surface area contributed by atoms with Gasteiger partial charge in [0.1, 0.15) is 11.9 Å². The lowest BCUT2D eigenvalue weighted by Crippen LogP contribution is -2.26. The highest BCUT2D eigenvalue weighted by Gasteiger charge is 2.30. The van der Waals surface area contributed by atoms with Crippen LogP contribution >= 0.6 is 0 Å². The number of pyridine rings is 1. The summed E-state index contributed by atoms with van der Waals surface area (Å²) in [6.07, 6.45) is 4.31. The smallest absolute Gasteiger partial charge is 0.138 e. The van der Waals surface area contributed by atoms with Crippen molar-refractivity contribution in [1.82, 2.24) is 4.98 Å². The Bertz CT molecular complexity index is 337. The average molecular weight is 205 g/mol. The van der Waals surface area contributed by atoms with E-state index in [-0.39, 0.29) is 11.7 Å². The molecule has 1 heterocycles. The monoisotopic (exact) mass is 205 g/mol. The van der Waals surface area contributed by atoms with E-state index in [1.165, 1.54) is 0 Å². The molecule has 1 aliphatic carbocycles. The summed E-state index contributed by atoms with van der Waals surface area (Å²) in [5.41, 5.74) is 0.609. The quantitative estimate of drug-likeness (QED) is 0.802. The van der Waals surface area contributed by atoms with E-state index in [0.717, 1.165) is 19.3 Å². The second kappa shape index (κ2) is 4.53. The van der Waals surface area contributed by atoms with Gasteiger partial charge in [-0.2, -0.15) is 0 Å². The maximum atomic E-state index is 11.6. The second-order valence-electron chi connectivity index (χ2n) is 4.02. The van der Waals surface area contributed by atoms with Gasteiger partial charge in [0.2, 0.25) is 0 Å². The molecule has 2 rings (SSSR count).